The van der Waals surface area contributed by atoms with E-state index < -0.39 is 0 Å². The number of nitriles is 4. The first-order chi connectivity index (χ1) is 25.7. The molecular weight excluding hydrogens is 641 g/mol. The molecule has 0 saturated heterocycles. The highest BCUT2D eigenvalue weighted by Crippen LogP contribution is 2.52. The summed E-state index contributed by atoms with van der Waals surface area (Å²) in [6.45, 7) is 0. The average molecular weight is 663 g/mol. The molecule has 8 heteroatoms. The van der Waals surface area contributed by atoms with E-state index in [-0.39, 0.29) is 22.8 Å². The Morgan fingerprint density at radius 1 is 0.404 bits per heavy atom. The van der Waals surface area contributed by atoms with Gasteiger partial charge in [0.1, 0.15) is 47.1 Å². The molecule has 0 N–H and O–H groups in total. The second-order valence-corrected chi connectivity index (χ2v) is 12.2. The zero-order valence-electron chi connectivity index (χ0n) is 27.3. The van der Waals surface area contributed by atoms with Crippen LogP contribution in [0.15, 0.2) is 133 Å². The van der Waals surface area contributed by atoms with Crippen LogP contribution in [-0.4, -0.2) is 19.1 Å². The fourth-order valence-corrected chi connectivity index (χ4v) is 7.53. The number of pyridine rings is 2. The molecule has 0 aliphatic rings. The maximum absolute atomic E-state index is 10.6. The summed E-state index contributed by atoms with van der Waals surface area (Å²) < 4.78 is 4.39. The van der Waals surface area contributed by atoms with Crippen molar-refractivity contribution < 1.29 is 0 Å². The summed E-state index contributed by atoms with van der Waals surface area (Å²) in [6.07, 6.45) is 0. The Labute approximate surface area is 297 Å². The fourth-order valence-electron chi connectivity index (χ4n) is 7.53. The molecule has 5 aromatic carbocycles. The van der Waals surface area contributed by atoms with E-state index in [1.807, 2.05) is 97.1 Å². The summed E-state index contributed by atoms with van der Waals surface area (Å²) in [5.41, 5.74) is 8.37. The smallest absolute Gasteiger partial charge is 0.149 e. The van der Waals surface area contributed by atoms with Crippen LogP contribution < -0.4 is 0 Å². The molecule has 0 amide bonds. The van der Waals surface area contributed by atoms with Gasteiger partial charge in [0.25, 0.3) is 0 Å². The van der Waals surface area contributed by atoms with Gasteiger partial charge in [-0.2, -0.15) is 21.0 Å². The van der Waals surface area contributed by atoms with Crippen LogP contribution in [0.1, 0.15) is 22.8 Å². The van der Waals surface area contributed by atoms with Gasteiger partial charge >= 0.3 is 0 Å². The minimum Gasteiger partial charge on any atom is -0.309 e. The summed E-state index contributed by atoms with van der Waals surface area (Å²) in [5, 5.41) is 44.3. The van der Waals surface area contributed by atoms with Crippen molar-refractivity contribution in [2.45, 2.75) is 0 Å². The number of nitrogens with zero attached hydrogens (tertiary/aromatic N) is 8. The first-order valence-electron chi connectivity index (χ1n) is 16.4. The van der Waals surface area contributed by atoms with E-state index in [1.54, 1.807) is 12.1 Å². The molecule has 0 spiro atoms. The number of aromatic nitrogens is 4. The second kappa shape index (κ2) is 11.8. The third-order valence-corrected chi connectivity index (χ3v) is 9.52. The molecule has 9 aromatic rings. The van der Waals surface area contributed by atoms with Crippen LogP contribution in [0.5, 0.6) is 0 Å². The summed E-state index contributed by atoms with van der Waals surface area (Å²) in [6, 6.07) is 51.9. The topological polar surface area (TPSA) is 131 Å². The van der Waals surface area contributed by atoms with Gasteiger partial charge in [0, 0.05) is 55.2 Å². The summed E-state index contributed by atoms with van der Waals surface area (Å²) >= 11 is 0. The van der Waals surface area contributed by atoms with E-state index in [9.17, 15) is 21.0 Å². The van der Waals surface area contributed by atoms with Gasteiger partial charge in [-0.3, -0.25) is 0 Å². The molecule has 4 aromatic heterocycles. The monoisotopic (exact) mass is 662 g/mol. The van der Waals surface area contributed by atoms with Crippen LogP contribution in [0, 0.1) is 45.3 Å². The number of hydrogen-bond donors (Lipinski definition) is 0. The van der Waals surface area contributed by atoms with Gasteiger partial charge in [-0.25, -0.2) is 9.97 Å². The first-order valence-corrected chi connectivity index (χ1v) is 16.4. The Balaban J connectivity index is 1.69. The van der Waals surface area contributed by atoms with E-state index in [2.05, 4.69) is 67.6 Å². The molecule has 0 saturated carbocycles. The standard InChI is InChI=1S/C44H22N8/c45-23-27-19-21-31(35(25-47)49-27)39-42-34-16-8-10-18-38(34)52(30-13-5-2-6-14-30)44(42)40(32-22-20-28(24-46)50-36(32)26-48)41-33-15-7-9-17-37(33)51(43(39)41)29-11-3-1-4-12-29/h1-22H. The highest BCUT2D eigenvalue weighted by molar-refractivity contribution is 6.33. The molecule has 0 aliphatic carbocycles. The van der Waals surface area contributed by atoms with E-state index >= 15 is 0 Å². The maximum Gasteiger partial charge on any atom is 0.149 e. The van der Waals surface area contributed by atoms with Crippen molar-refractivity contribution in [3.63, 3.8) is 0 Å². The number of rotatable bonds is 4. The molecule has 8 nitrogen and oxygen atoms in total. The van der Waals surface area contributed by atoms with Crippen LogP contribution in [0.25, 0.3) is 77.2 Å². The van der Waals surface area contributed by atoms with Crippen molar-refractivity contribution in [3.8, 4) is 57.9 Å². The summed E-state index contributed by atoms with van der Waals surface area (Å²) in [4.78, 5) is 9.01. The molecule has 0 aliphatic heterocycles. The normalized spacial score (nSPS) is 11.0. The average Bonchev–Trinajstić information content (AvgIpc) is 3.74. The van der Waals surface area contributed by atoms with E-state index in [1.165, 1.54) is 0 Å². The maximum atomic E-state index is 10.6. The Hall–Kier alpha value is -8.04. The van der Waals surface area contributed by atoms with Crippen LogP contribution in [-0.2, 0) is 0 Å². The number of hydrogen-bond acceptors (Lipinski definition) is 6. The number of benzene rings is 5. The lowest BCUT2D eigenvalue weighted by atomic mass is 9.88. The molecule has 4 heterocycles. The lowest BCUT2D eigenvalue weighted by Gasteiger charge is -2.19. The molecule has 0 atom stereocenters. The van der Waals surface area contributed by atoms with Crippen LogP contribution in [0.4, 0.5) is 0 Å². The van der Waals surface area contributed by atoms with Crippen molar-refractivity contribution in [2.24, 2.45) is 0 Å². The predicted molar refractivity (Wildman–Crippen MR) is 200 cm³/mol. The van der Waals surface area contributed by atoms with Crippen LogP contribution >= 0.6 is 0 Å². The van der Waals surface area contributed by atoms with Gasteiger partial charge in [0.05, 0.1) is 22.1 Å². The number of para-hydroxylation sites is 4. The third-order valence-electron chi connectivity index (χ3n) is 9.52. The molecule has 52 heavy (non-hydrogen) atoms. The Bertz CT molecular complexity index is 2890. The summed E-state index contributed by atoms with van der Waals surface area (Å²) in [5.74, 6) is 0. The molecule has 0 bridgehead atoms. The minimum atomic E-state index is 0.119. The quantitative estimate of drug-likeness (QED) is 0.184. The van der Waals surface area contributed by atoms with Gasteiger partial charge in [-0.05, 0) is 60.7 Å². The van der Waals surface area contributed by atoms with E-state index in [0.29, 0.717) is 11.1 Å². The van der Waals surface area contributed by atoms with Crippen molar-refractivity contribution in [2.75, 3.05) is 0 Å². The Kier molecular flexibility index (Phi) is 6.84. The Morgan fingerprint density at radius 3 is 1.17 bits per heavy atom. The van der Waals surface area contributed by atoms with Crippen molar-refractivity contribution in [3.05, 3.63) is 156 Å². The minimum absolute atomic E-state index is 0.119. The predicted octanol–water partition coefficient (Wildman–Crippen LogP) is 9.49. The lowest BCUT2D eigenvalue weighted by molar-refractivity contribution is 1.17. The van der Waals surface area contributed by atoms with E-state index in [4.69, 9.17) is 0 Å². The number of fused-ring (bicyclic) bond motifs is 6. The van der Waals surface area contributed by atoms with Crippen LogP contribution in [0.2, 0.25) is 0 Å². The molecule has 0 radical (unpaired) electrons. The second-order valence-electron chi connectivity index (χ2n) is 12.2. The summed E-state index contributed by atoms with van der Waals surface area (Å²) in [7, 11) is 0. The SMILES string of the molecule is N#Cc1ccc(-c2c3c4ccccc4n(-c4ccccc4)c3c(-c3ccc(C#N)nc3C#N)c3c4ccccc4n(-c4ccccc4)c23)c(C#N)n1. The fraction of sp³-hybridized carbons (Fsp3) is 0. The van der Waals surface area contributed by atoms with E-state index in [0.717, 1.165) is 66.1 Å². The zero-order chi connectivity index (χ0) is 35.3. The van der Waals surface area contributed by atoms with Crippen molar-refractivity contribution in [1.82, 2.24) is 19.1 Å². The first kappa shape index (κ1) is 30.1. The largest absolute Gasteiger partial charge is 0.309 e. The highest BCUT2D eigenvalue weighted by Gasteiger charge is 2.31. The van der Waals surface area contributed by atoms with Gasteiger partial charge in [0.15, 0.2) is 0 Å². The molecule has 0 fully saturated rings. The molecule has 0 unspecified atom stereocenters. The van der Waals surface area contributed by atoms with Crippen molar-refractivity contribution >= 4 is 43.6 Å². The van der Waals surface area contributed by atoms with Gasteiger partial charge in [-0.15, -0.1) is 0 Å². The van der Waals surface area contributed by atoms with Crippen molar-refractivity contribution in [1.29, 1.82) is 21.0 Å². The molecule has 238 valence electrons. The third kappa shape index (κ3) is 4.30. The van der Waals surface area contributed by atoms with Gasteiger partial charge < -0.3 is 9.13 Å². The van der Waals surface area contributed by atoms with Crippen LogP contribution in [0.3, 0.4) is 0 Å². The van der Waals surface area contributed by atoms with Gasteiger partial charge in [-0.1, -0.05) is 72.8 Å². The highest BCUT2D eigenvalue weighted by atomic mass is 15.0. The molecular formula is C44H22N8. The lowest BCUT2D eigenvalue weighted by Crippen LogP contribution is -2.02. The van der Waals surface area contributed by atoms with Gasteiger partial charge in [0.2, 0.25) is 0 Å². The zero-order valence-corrected chi connectivity index (χ0v) is 27.3. The molecule has 9 rings (SSSR count). The Morgan fingerprint density at radius 2 is 0.788 bits per heavy atom.